The molecule has 22 heavy (non-hydrogen) atoms. The van der Waals surface area contributed by atoms with E-state index < -0.39 is 0 Å². The van der Waals surface area contributed by atoms with Crippen LogP contribution in [0.15, 0.2) is 36.4 Å². The summed E-state index contributed by atoms with van der Waals surface area (Å²) in [4.78, 5) is 0. The number of fused-ring (bicyclic) bond motifs is 1. The van der Waals surface area contributed by atoms with Crippen LogP contribution in [0.2, 0.25) is 0 Å². The first-order valence-electron chi connectivity index (χ1n) is 8.09. The molecule has 3 heteroatoms. The van der Waals surface area contributed by atoms with Crippen LogP contribution in [-0.2, 0) is 0 Å². The number of unbranched alkanes of at least 4 members (excludes halogenated alkanes) is 3. The summed E-state index contributed by atoms with van der Waals surface area (Å²) < 4.78 is 11.9. The van der Waals surface area contributed by atoms with Crippen molar-refractivity contribution < 1.29 is 9.47 Å². The van der Waals surface area contributed by atoms with Crippen LogP contribution in [-0.4, -0.2) is 18.6 Å². The van der Waals surface area contributed by atoms with Gasteiger partial charge in [0.25, 0.3) is 0 Å². The van der Waals surface area contributed by atoms with E-state index in [-0.39, 0.29) is 6.10 Å². The smallest absolute Gasteiger partial charge is 0.127 e. The summed E-state index contributed by atoms with van der Waals surface area (Å²) in [5, 5.41) is 2.22. The summed E-state index contributed by atoms with van der Waals surface area (Å²) in [6, 6.07) is 12.3. The molecular weight excluding hydrogens is 296 g/mol. The van der Waals surface area contributed by atoms with Gasteiger partial charge in [-0.1, -0.05) is 37.1 Å². The molecule has 2 nitrogen and oxygen atoms in total. The summed E-state index contributed by atoms with van der Waals surface area (Å²) in [5.74, 6) is 2.60. The number of hydrogen-bond acceptors (Lipinski definition) is 2. The fraction of sp³-hybridized carbons (Fsp3) is 0.474. The van der Waals surface area contributed by atoms with Crippen LogP contribution in [0.5, 0.6) is 11.5 Å². The summed E-state index contributed by atoms with van der Waals surface area (Å²) in [5.41, 5.74) is 0. The van der Waals surface area contributed by atoms with Crippen molar-refractivity contribution >= 4 is 22.4 Å². The Morgan fingerprint density at radius 3 is 2.18 bits per heavy atom. The molecule has 0 N–H and O–H groups in total. The Morgan fingerprint density at radius 1 is 0.864 bits per heavy atom. The molecule has 0 heterocycles. The number of ether oxygens (including phenoxy) is 2. The van der Waals surface area contributed by atoms with Crippen molar-refractivity contribution in [3.63, 3.8) is 0 Å². The fourth-order valence-electron chi connectivity index (χ4n) is 2.46. The summed E-state index contributed by atoms with van der Waals surface area (Å²) >= 11 is 5.68. The van der Waals surface area contributed by atoms with Gasteiger partial charge in [-0.05, 0) is 38.8 Å². The van der Waals surface area contributed by atoms with Gasteiger partial charge < -0.3 is 9.47 Å². The predicted molar refractivity (Wildman–Crippen MR) is 94.4 cm³/mol. The first-order chi connectivity index (χ1) is 10.7. The van der Waals surface area contributed by atoms with Crippen LogP contribution in [0.1, 0.15) is 39.5 Å². The highest BCUT2D eigenvalue weighted by Crippen LogP contribution is 2.33. The Labute approximate surface area is 138 Å². The standard InChI is InChI=1S/C19H25ClO2/c1-15(2)22-19-12-11-18(16-9-5-6-10-17(16)19)21-14-8-4-3-7-13-20/h5-6,9-12,15H,3-4,7-8,13-14H2,1-2H3. The third-order valence-corrected chi connectivity index (χ3v) is 3.76. The normalized spacial score (nSPS) is 11.1. The molecular formula is C19H25ClO2. The Morgan fingerprint density at radius 2 is 1.50 bits per heavy atom. The molecule has 0 saturated carbocycles. The van der Waals surface area contributed by atoms with Crippen LogP contribution < -0.4 is 9.47 Å². The van der Waals surface area contributed by atoms with Crippen molar-refractivity contribution in [3.05, 3.63) is 36.4 Å². The van der Waals surface area contributed by atoms with Gasteiger partial charge in [0.2, 0.25) is 0 Å². The lowest BCUT2D eigenvalue weighted by Crippen LogP contribution is -2.06. The van der Waals surface area contributed by atoms with Crippen molar-refractivity contribution in [2.24, 2.45) is 0 Å². The van der Waals surface area contributed by atoms with Crippen LogP contribution in [0.4, 0.5) is 0 Å². The van der Waals surface area contributed by atoms with Gasteiger partial charge in [-0.15, -0.1) is 11.6 Å². The molecule has 2 aromatic carbocycles. The van der Waals surface area contributed by atoms with E-state index in [0.717, 1.165) is 47.6 Å². The van der Waals surface area contributed by atoms with Crippen molar-refractivity contribution in [3.8, 4) is 11.5 Å². The molecule has 0 aliphatic carbocycles. The maximum absolute atomic E-state index is 5.97. The first kappa shape index (κ1) is 17.0. The van der Waals surface area contributed by atoms with Gasteiger partial charge in [-0.25, -0.2) is 0 Å². The Kier molecular flexibility index (Phi) is 6.85. The maximum atomic E-state index is 5.97. The van der Waals surface area contributed by atoms with E-state index >= 15 is 0 Å². The second-order valence-electron chi connectivity index (χ2n) is 5.73. The molecule has 2 aromatic rings. The van der Waals surface area contributed by atoms with Gasteiger partial charge in [0.1, 0.15) is 11.5 Å². The molecule has 0 aliphatic heterocycles. The molecule has 0 bridgehead atoms. The van der Waals surface area contributed by atoms with Gasteiger partial charge >= 0.3 is 0 Å². The zero-order chi connectivity index (χ0) is 15.8. The SMILES string of the molecule is CC(C)Oc1ccc(OCCCCCCCl)c2ccccc12. The van der Waals surface area contributed by atoms with Gasteiger partial charge in [-0.3, -0.25) is 0 Å². The van der Waals surface area contributed by atoms with E-state index in [9.17, 15) is 0 Å². The number of hydrogen-bond donors (Lipinski definition) is 0. The van der Waals surface area contributed by atoms with E-state index in [1.807, 2.05) is 38.1 Å². The topological polar surface area (TPSA) is 18.5 Å². The summed E-state index contributed by atoms with van der Waals surface area (Å²) in [6.45, 7) is 4.83. The quantitative estimate of drug-likeness (QED) is 0.429. The predicted octanol–water partition coefficient (Wildman–Crippen LogP) is 5.81. The van der Waals surface area contributed by atoms with E-state index in [4.69, 9.17) is 21.1 Å². The van der Waals surface area contributed by atoms with Crippen molar-refractivity contribution in [2.75, 3.05) is 12.5 Å². The lowest BCUT2D eigenvalue weighted by molar-refractivity contribution is 0.245. The third-order valence-electron chi connectivity index (χ3n) is 3.49. The fourth-order valence-corrected chi connectivity index (χ4v) is 2.65. The minimum Gasteiger partial charge on any atom is -0.493 e. The van der Waals surface area contributed by atoms with Crippen molar-refractivity contribution in [1.82, 2.24) is 0 Å². The van der Waals surface area contributed by atoms with Gasteiger partial charge in [-0.2, -0.15) is 0 Å². The highest BCUT2D eigenvalue weighted by atomic mass is 35.5. The van der Waals surface area contributed by atoms with Crippen LogP contribution >= 0.6 is 11.6 Å². The lowest BCUT2D eigenvalue weighted by atomic mass is 10.1. The van der Waals surface area contributed by atoms with Gasteiger partial charge in [0, 0.05) is 16.7 Å². The van der Waals surface area contributed by atoms with Crippen LogP contribution in [0.3, 0.4) is 0 Å². The Hall–Kier alpha value is -1.41. The van der Waals surface area contributed by atoms with E-state index in [2.05, 4.69) is 12.1 Å². The molecule has 2 rings (SSSR count). The van der Waals surface area contributed by atoms with Crippen LogP contribution in [0, 0.1) is 0 Å². The molecule has 0 spiro atoms. The average Bonchev–Trinajstić information content (AvgIpc) is 2.52. The third kappa shape index (κ3) is 4.81. The number of alkyl halides is 1. The van der Waals surface area contributed by atoms with Crippen LogP contribution in [0.25, 0.3) is 10.8 Å². The first-order valence-corrected chi connectivity index (χ1v) is 8.63. The molecule has 0 amide bonds. The molecule has 0 aromatic heterocycles. The summed E-state index contributed by atoms with van der Waals surface area (Å²) in [6.07, 6.45) is 4.66. The summed E-state index contributed by atoms with van der Waals surface area (Å²) in [7, 11) is 0. The molecule has 0 aliphatic rings. The Bertz CT molecular complexity index is 581. The molecule has 0 unspecified atom stereocenters. The maximum Gasteiger partial charge on any atom is 0.127 e. The van der Waals surface area contributed by atoms with Crippen molar-refractivity contribution in [2.45, 2.75) is 45.6 Å². The zero-order valence-electron chi connectivity index (χ0n) is 13.5. The van der Waals surface area contributed by atoms with E-state index in [1.54, 1.807) is 0 Å². The monoisotopic (exact) mass is 320 g/mol. The van der Waals surface area contributed by atoms with E-state index in [0.29, 0.717) is 0 Å². The average molecular weight is 321 g/mol. The number of benzene rings is 2. The second kappa shape index (κ2) is 8.89. The zero-order valence-corrected chi connectivity index (χ0v) is 14.2. The number of rotatable bonds is 9. The highest BCUT2D eigenvalue weighted by Gasteiger charge is 2.08. The number of halogens is 1. The lowest BCUT2D eigenvalue weighted by Gasteiger charge is -2.15. The highest BCUT2D eigenvalue weighted by molar-refractivity contribution is 6.17. The van der Waals surface area contributed by atoms with Gasteiger partial charge in [0.05, 0.1) is 12.7 Å². The molecule has 0 radical (unpaired) electrons. The molecule has 0 atom stereocenters. The minimum absolute atomic E-state index is 0.164. The van der Waals surface area contributed by atoms with Gasteiger partial charge in [0.15, 0.2) is 0 Å². The van der Waals surface area contributed by atoms with E-state index in [1.165, 1.54) is 12.8 Å². The molecule has 120 valence electrons. The molecule has 0 fully saturated rings. The largest absolute Gasteiger partial charge is 0.493 e. The second-order valence-corrected chi connectivity index (χ2v) is 6.10. The Balaban J connectivity index is 2.04. The minimum atomic E-state index is 0.164. The van der Waals surface area contributed by atoms with Crippen molar-refractivity contribution in [1.29, 1.82) is 0 Å². The molecule has 0 saturated heterocycles.